The number of benzene rings is 1. The van der Waals surface area contributed by atoms with Crippen molar-refractivity contribution in [3.05, 3.63) is 24.3 Å². The van der Waals surface area contributed by atoms with Crippen molar-refractivity contribution in [2.45, 2.75) is 32.1 Å². The van der Waals surface area contributed by atoms with E-state index in [1.165, 1.54) is 37.8 Å². The number of thioether (sulfide) groups is 1. The summed E-state index contributed by atoms with van der Waals surface area (Å²) in [6.45, 7) is 4.36. The number of nitrogens with zero attached hydrogens (tertiary/aromatic N) is 3. The SMILES string of the molecule is CN1CCN(c2ccc(NC(=S)/N=C(\N)SCC3CCCCC3)cc2)CC1. The summed E-state index contributed by atoms with van der Waals surface area (Å²) in [7, 11) is 2.17. The van der Waals surface area contributed by atoms with E-state index in [-0.39, 0.29) is 0 Å². The molecule has 1 saturated heterocycles. The van der Waals surface area contributed by atoms with Gasteiger partial charge in [0.1, 0.15) is 0 Å². The molecular weight excluding hydrogens is 374 g/mol. The Bertz CT molecular complexity index is 632. The van der Waals surface area contributed by atoms with Gasteiger partial charge >= 0.3 is 0 Å². The Hall–Kier alpha value is -1.31. The molecule has 2 aliphatic rings. The summed E-state index contributed by atoms with van der Waals surface area (Å²) in [6.07, 6.45) is 6.73. The average molecular weight is 406 g/mol. The number of hydrogen-bond donors (Lipinski definition) is 2. The first-order valence-electron chi connectivity index (χ1n) is 9.91. The minimum Gasteiger partial charge on any atom is -0.378 e. The highest BCUT2D eigenvalue weighted by Crippen LogP contribution is 2.26. The van der Waals surface area contributed by atoms with Crippen LogP contribution in [-0.4, -0.2) is 54.2 Å². The molecule has 1 aromatic rings. The lowest BCUT2D eigenvalue weighted by atomic mass is 9.91. The smallest absolute Gasteiger partial charge is 0.199 e. The number of piperazine rings is 1. The van der Waals surface area contributed by atoms with Gasteiger partial charge in [-0.05, 0) is 62.3 Å². The average Bonchev–Trinajstić information content (AvgIpc) is 2.68. The number of likely N-dealkylation sites (N-methyl/N-ethyl adjacent to an activating group) is 1. The van der Waals surface area contributed by atoms with Crippen LogP contribution in [0.15, 0.2) is 29.3 Å². The molecule has 2 fully saturated rings. The number of amidine groups is 1. The van der Waals surface area contributed by atoms with Gasteiger partial charge in [0.2, 0.25) is 0 Å². The van der Waals surface area contributed by atoms with E-state index in [2.05, 4.69) is 51.4 Å². The standard InChI is InChI=1S/C20H31N5S2/c1-24-11-13-25(14-12-24)18-9-7-17(8-10-18)22-20(26)23-19(21)27-15-16-5-3-2-4-6-16/h7-10,16H,2-6,11-15H2,1H3,(H3,21,22,23,26). The number of anilines is 2. The summed E-state index contributed by atoms with van der Waals surface area (Å²) < 4.78 is 0. The third kappa shape index (κ3) is 6.66. The van der Waals surface area contributed by atoms with Crippen LogP contribution in [0.25, 0.3) is 0 Å². The lowest BCUT2D eigenvalue weighted by molar-refractivity contribution is 0.313. The quantitative estimate of drug-likeness (QED) is 0.452. The van der Waals surface area contributed by atoms with Crippen molar-refractivity contribution in [2.24, 2.45) is 16.6 Å². The zero-order valence-corrected chi connectivity index (χ0v) is 17.8. The molecule has 0 spiro atoms. The molecule has 0 unspecified atom stereocenters. The van der Waals surface area contributed by atoms with Crippen LogP contribution < -0.4 is 16.0 Å². The highest BCUT2D eigenvalue weighted by molar-refractivity contribution is 8.13. The van der Waals surface area contributed by atoms with Crippen LogP contribution in [0, 0.1) is 5.92 Å². The van der Waals surface area contributed by atoms with Gasteiger partial charge in [0, 0.05) is 43.3 Å². The van der Waals surface area contributed by atoms with E-state index in [9.17, 15) is 0 Å². The Morgan fingerprint density at radius 1 is 1.15 bits per heavy atom. The molecular formula is C20H31N5S2. The molecule has 3 rings (SSSR count). The van der Waals surface area contributed by atoms with Gasteiger partial charge in [-0.25, -0.2) is 0 Å². The Kier molecular flexibility index (Phi) is 7.79. The summed E-state index contributed by atoms with van der Waals surface area (Å²) in [5.41, 5.74) is 8.26. The molecule has 3 N–H and O–H groups in total. The molecule has 0 bridgehead atoms. The molecule has 1 aliphatic carbocycles. The number of aliphatic imine (C=N–C) groups is 1. The van der Waals surface area contributed by atoms with Crippen LogP contribution >= 0.6 is 24.0 Å². The first-order valence-corrected chi connectivity index (χ1v) is 11.3. The molecule has 0 radical (unpaired) electrons. The second-order valence-corrected chi connectivity index (χ2v) is 8.96. The summed E-state index contributed by atoms with van der Waals surface area (Å²) in [5.74, 6) is 1.83. The van der Waals surface area contributed by atoms with Gasteiger partial charge in [-0.1, -0.05) is 31.0 Å². The highest BCUT2D eigenvalue weighted by Gasteiger charge is 2.15. The first-order chi connectivity index (χ1) is 13.1. The third-order valence-corrected chi connectivity index (χ3v) is 6.61. The van der Waals surface area contributed by atoms with Gasteiger partial charge in [-0.15, -0.1) is 0 Å². The normalized spacial score (nSPS) is 19.9. The Labute approximate surface area is 172 Å². The third-order valence-electron chi connectivity index (χ3n) is 5.39. The van der Waals surface area contributed by atoms with Crippen LogP contribution in [0.5, 0.6) is 0 Å². The second-order valence-electron chi connectivity index (χ2n) is 7.53. The molecule has 1 heterocycles. The van der Waals surface area contributed by atoms with Crippen molar-refractivity contribution in [3.63, 3.8) is 0 Å². The van der Waals surface area contributed by atoms with Gasteiger partial charge in [-0.3, -0.25) is 0 Å². The van der Waals surface area contributed by atoms with E-state index in [4.69, 9.17) is 18.0 Å². The van der Waals surface area contributed by atoms with E-state index in [0.717, 1.165) is 43.5 Å². The lowest BCUT2D eigenvalue weighted by Gasteiger charge is -2.34. The van der Waals surface area contributed by atoms with Crippen molar-refractivity contribution in [1.82, 2.24) is 4.90 Å². The molecule has 148 valence electrons. The van der Waals surface area contributed by atoms with Gasteiger partial charge < -0.3 is 20.9 Å². The number of nitrogens with two attached hydrogens (primary N) is 1. The fourth-order valence-corrected chi connectivity index (χ4v) is 4.83. The van der Waals surface area contributed by atoms with Crippen LogP contribution in [0.3, 0.4) is 0 Å². The summed E-state index contributed by atoms with van der Waals surface area (Å²) >= 11 is 6.98. The molecule has 27 heavy (non-hydrogen) atoms. The minimum absolute atomic E-state index is 0.427. The van der Waals surface area contributed by atoms with Crippen LogP contribution in [0.2, 0.25) is 0 Å². The zero-order valence-electron chi connectivity index (χ0n) is 16.2. The van der Waals surface area contributed by atoms with E-state index in [0.29, 0.717) is 10.3 Å². The summed E-state index contributed by atoms with van der Waals surface area (Å²) in [4.78, 5) is 9.12. The lowest BCUT2D eigenvalue weighted by Crippen LogP contribution is -2.44. The highest BCUT2D eigenvalue weighted by atomic mass is 32.2. The zero-order chi connectivity index (χ0) is 19.1. The molecule has 0 amide bonds. The minimum atomic E-state index is 0.427. The maximum Gasteiger partial charge on any atom is 0.199 e. The first kappa shape index (κ1) is 20.4. The van der Waals surface area contributed by atoms with Crippen LogP contribution in [-0.2, 0) is 0 Å². The molecule has 1 saturated carbocycles. The molecule has 5 nitrogen and oxygen atoms in total. The number of rotatable bonds is 4. The summed E-state index contributed by atoms with van der Waals surface area (Å²) in [6, 6.07) is 8.39. The largest absolute Gasteiger partial charge is 0.378 e. The number of hydrogen-bond acceptors (Lipinski definition) is 4. The predicted molar refractivity (Wildman–Crippen MR) is 123 cm³/mol. The van der Waals surface area contributed by atoms with Crippen LogP contribution in [0.4, 0.5) is 11.4 Å². The van der Waals surface area contributed by atoms with Gasteiger partial charge in [0.05, 0.1) is 0 Å². The van der Waals surface area contributed by atoms with Gasteiger partial charge in [0.15, 0.2) is 10.3 Å². The topological polar surface area (TPSA) is 56.9 Å². The van der Waals surface area contributed by atoms with Gasteiger partial charge in [-0.2, -0.15) is 4.99 Å². The number of nitrogens with one attached hydrogen (secondary N) is 1. The maximum atomic E-state index is 6.05. The molecule has 7 heteroatoms. The Morgan fingerprint density at radius 2 is 1.81 bits per heavy atom. The van der Waals surface area contributed by atoms with Crippen molar-refractivity contribution in [1.29, 1.82) is 0 Å². The monoisotopic (exact) mass is 405 g/mol. The maximum absolute atomic E-state index is 6.05. The molecule has 1 aliphatic heterocycles. The van der Waals surface area contributed by atoms with Crippen molar-refractivity contribution in [3.8, 4) is 0 Å². The van der Waals surface area contributed by atoms with Gasteiger partial charge in [0.25, 0.3) is 0 Å². The summed E-state index contributed by atoms with van der Waals surface area (Å²) in [5, 5.41) is 4.16. The molecule has 0 atom stereocenters. The second kappa shape index (κ2) is 10.3. The van der Waals surface area contributed by atoms with E-state index < -0.39 is 0 Å². The van der Waals surface area contributed by atoms with E-state index >= 15 is 0 Å². The Balaban J connectivity index is 1.45. The van der Waals surface area contributed by atoms with Crippen LogP contribution in [0.1, 0.15) is 32.1 Å². The van der Waals surface area contributed by atoms with Crippen molar-refractivity contribution >= 4 is 45.6 Å². The van der Waals surface area contributed by atoms with Crippen molar-refractivity contribution < 1.29 is 0 Å². The fraction of sp³-hybridized carbons (Fsp3) is 0.600. The molecule has 0 aromatic heterocycles. The molecule has 1 aromatic carbocycles. The number of thiocarbonyl (C=S) groups is 1. The fourth-order valence-electron chi connectivity index (χ4n) is 3.66. The van der Waals surface area contributed by atoms with Crippen molar-refractivity contribution in [2.75, 3.05) is 49.2 Å². The predicted octanol–water partition coefficient (Wildman–Crippen LogP) is 3.76. The van der Waals surface area contributed by atoms with E-state index in [1.54, 1.807) is 11.8 Å². The van der Waals surface area contributed by atoms with E-state index in [1.807, 2.05) is 0 Å². The Morgan fingerprint density at radius 3 is 2.48 bits per heavy atom.